The third-order valence-electron chi connectivity index (χ3n) is 4.49. The van der Waals surface area contributed by atoms with Crippen LogP contribution in [-0.2, 0) is 10.5 Å². The van der Waals surface area contributed by atoms with Crippen molar-refractivity contribution < 1.29 is 9.53 Å². The second-order valence-corrected chi connectivity index (χ2v) is 8.25. The molecular weight excluding hydrogens is 410 g/mol. The van der Waals surface area contributed by atoms with Crippen LogP contribution in [-0.4, -0.2) is 74.3 Å². The van der Waals surface area contributed by atoms with E-state index in [9.17, 15) is 4.79 Å². The van der Waals surface area contributed by atoms with Crippen LogP contribution in [0.15, 0.2) is 35.5 Å². The number of amides is 1. The van der Waals surface area contributed by atoms with Crippen LogP contribution in [0.25, 0.3) is 0 Å². The lowest BCUT2D eigenvalue weighted by Crippen LogP contribution is -2.41. The normalized spacial score (nSPS) is 14.6. The lowest BCUT2D eigenvalue weighted by atomic mass is 10.1. The molecule has 0 radical (unpaired) electrons. The lowest BCUT2D eigenvalue weighted by molar-refractivity contribution is 0.0383. The maximum atomic E-state index is 12.5. The Kier molecular flexibility index (Phi) is 8.11. The molecule has 2 aromatic rings. The molecule has 1 aromatic heterocycles. The van der Waals surface area contributed by atoms with Gasteiger partial charge in [-0.05, 0) is 17.7 Å². The Morgan fingerprint density at radius 3 is 2.83 bits per heavy atom. The van der Waals surface area contributed by atoms with E-state index in [4.69, 9.17) is 16.3 Å². The number of rotatable bonds is 8. The van der Waals surface area contributed by atoms with Gasteiger partial charge in [-0.3, -0.25) is 9.69 Å². The van der Waals surface area contributed by atoms with Crippen LogP contribution in [0, 0.1) is 0 Å². The van der Waals surface area contributed by atoms with Gasteiger partial charge in [0, 0.05) is 57.7 Å². The van der Waals surface area contributed by atoms with Gasteiger partial charge in [0.2, 0.25) is 0 Å². The number of ether oxygens (including phenoxy) is 1. The summed E-state index contributed by atoms with van der Waals surface area (Å²) < 4.78 is 5.34. The van der Waals surface area contributed by atoms with Crippen molar-refractivity contribution in [3.05, 3.63) is 46.6 Å². The first-order valence-corrected chi connectivity index (χ1v) is 10.9. The van der Waals surface area contributed by atoms with Crippen LogP contribution in [0.4, 0.5) is 5.82 Å². The minimum absolute atomic E-state index is 0.0565. The number of benzene rings is 1. The van der Waals surface area contributed by atoms with E-state index in [-0.39, 0.29) is 5.91 Å². The number of carbonyl (C=O) groups is 1. The van der Waals surface area contributed by atoms with Crippen molar-refractivity contribution in [1.29, 1.82) is 0 Å². The van der Waals surface area contributed by atoms with Gasteiger partial charge in [0.25, 0.3) is 5.91 Å². The summed E-state index contributed by atoms with van der Waals surface area (Å²) in [6.45, 7) is 4.83. The Labute approximate surface area is 180 Å². The van der Waals surface area contributed by atoms with E-state index >= 15 is 0 Å². The zero-order valence-electron chi connectivity index (χ0n) is 16.7. The highest BCUT2D eigenvalue weighted by atomic mass is 35.5. The topological polar surface area (TPSA) is 70.6 Å². The second kappa shape index (κ2) is 10.8. The fourth-order valence-electron chi connectivity index (χ4n) is 2.88. The van der Waals surface area contributed by atoms with Gasteiger partial charge in [-0.1, -0.05) is 35.5 Å². The number of morpholine rings is 1. The van der Waals surface area contributed by atoms with Crippen LogP contribution in [0.2, 0.25) is 5.15 Å². The van der Waals surface area contributed by atoms with Gasteiger partial charge in [-0.25, -0.2) is 9.97 Å². The van der Waals surface area contributed by atoms with Crippen LogP contribution < -0.4 is 10.2 Å². The third-order valence-corrected chi connectivity index (χ3v) is 5.61. The SMILES string of the molecule is CN(C)c1cc(Cl)nc(SCc2cccc(C(=O)NCCN3CCOCC3)c2)n1. The number of anilines is 1. The van der Waals surface area contributed by atoms with Gasteiger partial charge in [-0.2, -0.15) is 0 Å². The summed E-state index contributed by atoms with van der Waals surface area (Å²) in [6.07, 6.45) is 0. The van der Waals surface area contributed by atoms with Crippen molar-refractivity contribution in [2.75, 3.05) is 58.4 Å². The highest BCUT2D eigenvalue weighted by molar-refractivity contribution is 7.98. The number of hydrogen-bond donors (Lipinski definition) is 1. The summed E-state index contributed by atoms with van der Waals surface area (Å²) in [5, 5.41) is 4.03. The first-order valence-electron chi connectivity index (χ1n) is 9.53. The summed E-state index contributed by atoms with van der Waals surface area (Å²) in [5.74, 6) is 1.36. The molecule has 1 aliphatic rings. The van der Waals surface area contributed by atoms with Crippen molar-refractivity contribution in [3.8, 4) is 0 Å². The highest BCUT2D eigenvalue weighted by Gasteiger charge is 2.12. The first-order chi connectivity index (χ1) is 14.0. The molecule has 1 aromatic carbocycles. The Morgan fingerprint density at radius 1 is 1.28 bits per heavy atom. The molecule has 0 saturated carbocycles. The van der Waals surface area contributed by atoms with Crippen molar-refractivity contribution in [1.82, 2.24) is 20.2 Å². The van der Waals surface area contributed by atoms with E-state index in [1.54, 1.807) is 6.07 Å². The molecule has 1 fully saturated rings. The van der Waals surface area contributed by atoms with E-state index in [1.165, 1.54) is 11.8 Å². The predicted octanol–water partition coefficient (Wildman–Crippen LogP) is 2.55. The molecular formula is C20H26ClN5O2S. The monoisotopic (exact) mass is 435 g/mol. The van der Waals surface area contributed by atoms with Crippen LogP contribution >= 0.6 is 23.4 Å². The average Bonchev–Trinajstić information content (AvgIpc) is 2.73. The number of aromatic nitrogens is 2. The zero-order chi connectivity index (χ0) is 20.6. The largest absolute Gasteiger partial charge is 0.379 e. The Balaban J connectivity index is 1.53. The molecule has 0 spiro atoms. The number of halogens is 1. The van der Waals surface area contributed by atoms with Gasteiger partial charge < -0.3 is 15.0 Å². The predicted molar refractivity (Wildman–Crippen MR) is 117 cm³/mol. The quantitative estimate of drug-likeness (QED) is 0.388. The molecule has 2 heterocycles. The van der Waals surface area contributed by atoms with Crippen molar-refractivity contribution in [3.63, 3.8) is 0 Å². The molecule has 0 atom stereocenters. The second-order valence-electron chi connectivity index (χ2n) is 6.92. The summed E-state index contributed by atoms with van der Waals surface area (Å²) in [5.41, 5.74) is 1.69. The van der Waals surface area contributed by atoms with E-state index in [1.807, 2.05) is 43.3 Å². The third kappa shape index (κ3) is 6.85. The number of nitrogens with zero attached hydrogens (tertiary/aromatic N) is 4. The molecule has 29 heavy (non-hydrogen) atoms. The standard InChI is InChI=1S/C20H26ClN5O2S/c1-25(2)18-13-17(21)23-20(24-18)29-14-15-4-3-5-16(12-15)19(27)22-6-7-26-8-10-28-11-9-26/h3-5,12-13H,6-11,14H2,1-2H3,(H,22,27). The number of carbonyl (C=O) groups excluding carboxylic acids is 1. The van der Waals surface area contributed by atoms with Crippen LogP contribution in [0.5, 0.6) is 0 Å². The fourth-order valence-corrected chi connectivity index (χ4v) is 3.91. The van der Waals surface area contributed by atoms with E-state index in [2.05, 4.69) is 20.2 Å². The molecule has 0 unspecified atom stereocenters. The minimum atomic E-state index is -0.0565. The molecule has 1 amide bonds. The van der Waals surface area contributed by atoms with Gasteiger partial charge in [0.1, 0.15) is 11.0 Å². The first kappa shape index (κ1) is 21.8. The minimum Gasteiger partial charge on any atom is -0.379 e. The van der Waals surface area contributed by atoms with Gasteiger partial charge >= 0.3 is 0 Å². The maximum absolute atomic E-state index is 12.5. The molecule has 3 rings (SSSR count). The van der Waals surface area contributed by atoms with Gasteiger partial charge in [-0.15, -0.1) is 0 Å². The average molecular weight is 436 g/mol. The lowest BCUT2D eigenvalue weighted by Gasteiger charge is -2.26. The Bertz CT molecular complexity index is 830. The summed E-state index contributed by atoms with van der Waals surface area (Å²) in [4.78, 5) is 25.4. The maximum Gasteiger partial charge on any atom is 0.251 e. The fraction of sp³-hybridized carbons (Fsp3) is 0.450. The summed E-state index contributed by atoms with van der Waals surface area (Å²) in [6, 6.07) is 9.37. The van der Waals surface area contributed by atoms with Crippen molar-refractivity contribution >= 4 is 35.1 Å². The number of hydrogen-bond acceptors (Lipinski definition) is 7. The van der Waals surface area contributed by atoms with Crippen LogP contribution in [0.3, 0.4) is 0 Å². The Morgan fingerprint density at radius 2 is 2.07 bits per heavy atom. The molecule has 1 aliphatic heterocycles. The molecule has 1 N–H and O–H groups in total. The van der Waals surface area contributed by atoms with Crippen molar-refractivity contribution in [2.45, 2.75) is 10.9 Å². The Hall–Kier alpha value is -1.87. The van der Waals surface area contributed by atoms with Gasteiger partial charge in [0.05, 0.1) is 13.2 Å². The zero-order valence-corrected chi connectivity index (χ0v) is 18.3. The summed E-state index contributed by atoms with van der Waals surface area (Å²) in [7, 11) is 3.82. The molecule has 156 valence electrons. The van der Waals surface area contributed by atoms with Crippen molar-refractivity contribution in [2.24, 2.45) is 0 Å². The molecule has 1 saturated heterocycles. The molecule has 0 aliphatic carbocycles. The van der Waals surface area contributed by atoms with E-state index in [0.717, 1.165) is 44.2 Å². The number of nitrogens with one attached hydrogen (secondary N) is 1. The molecule has 0 bridgehead atoms. The summed E-state index contributed by atoms with van der Waals surface area (Å²) >= 11 is 7.59. The number of thioether (sulfide) groups is 1. The molecule has 9 heteroatoms. The highest BCUT2D eigenvalue weighted by Crippen LogP contribution is 2.24. The molecule has 7 nitrogen and oxygen atoms in total. The van der Waals surface area contributed by atoms with E-state index in [0.29, 0.717) is 28.2 Å². The van der Waals surface area contributed by atoms with Crippen LogP contribution in [0.1, 0.15) is 15.9 Å². The van der Waals surface area contributed by atoms with E-state index < -0.39 is 0 Å². The van der Waals surface area contributed by atoms with Gasteiger partial charge in [0.15, 0.2) is 5.16 Å². The smallest absolute Gasteiger partial charge is 0.251 e.